The number of anilines is 1. The van der Waals surface area contributed by atoms with E-state index < -0.39 is 24.1 Å². The van der Waals surface area contributed by atoms with Crippen LogP contribution in [0.4, 0.5) is 15.4 Å². The number of nitrogens with zero attached hydrogens (tertiary/aromatic N) is 3. The zero-order chi connectivity index (χ0) is 31.0. The molecule has 5 rings (SSSR count). The number of hydrogen-bond donors (Lipinski definition) is 4. The molecule has 0 aliphatic carbocycles. The van der Waals surface area contributed by atoms with Crippen LogP contribution < -0.4 is 16.9 Å². The maximum absolute atomic E-state index is 12.0. The number of nitrogen functional groups attached to an aromatic ring is 1. The van der Waals surface area contributed by atoms with Gasteiger partial charge < -0.3 is 44.3 Å². The summed E-state index contributed by atoms with van der Waals surface area (Å²) in [5.74, 6) is 2.83. The molecule has 1 fully saturated rings. The summed E-state index contributed by atoms with van der Waals surface area (Å²) in [5, 5.41) is 8.79. The number of carboxylic acid groups (broad SMARTS) is 1. The van der Waals surface area contributed by atoms with Crippen LogP contribution in [0.25, 0.3) is 11.0 Å². The van der Waals surface area contributed by atoms with E-state index in [9.17, 15) is 19.2 Å². The first-order valence-corrected chi connectivity index (χ1v) is 12.9. The third kappa shape index (κ3) is 7.70. The fourth-order valence-corrected chi connectivity index (χ4v) is 4.25. The Bertz CT molecular complexity index is 1780. The van der Waals surface area contributed by atoms with Crippen LogP contribution in [0.15, 0.2) is 58.5 Å². The number of H-pyrrole nitrogens is 2. The number of aromatic amines is 2. The van der Waals surface area contributed by atoms with Crippen LogP contribution >= 0.6 is 11.6 Å². The number of carbonyl (C=O) groups excluding carboxylic acids is 1. The number of nitrogens with two attached hydrogens (primary N) is 1. The summed E-state index contributed by atoms with van der Waals surface area (Å²) in [4.78, 5) is 57.5. The van der Waals surface area contributed by atoms with Crippen molar-refractivity contribution in [2.24, 2.45) is 0 Å². The second kappa shape index (κ2) is 13.6. The summed E-state index contributed by atoms with van der Waals surface area (Å²) >= 11 is 5.93. The molecular weight excluding hydrogens is 588 g/mol. The van der Waals surface area contributed by atoms with Crippen molar-refractivity contribution in [2.75, 3.05) is 12.3 Å². The largest absolute Gasteiger partial charge is 0.508 e. The minimum absolute atomic E-state index is 0.0227. The first-order valence-electron chi connectivity index (χ1n) is 12.5. The number of ether oxygens (including phenoxy) is 4. The fraction of sp³-hybridized carbons (Fsp3) is 0.259. The summed E-state index contributed by atoms with van der Waals surface area (Å²) in [5.41, 5.74) is 5.18. The van der Waals surface area contributed by atoms with E-state index in [1.807, 2.05) is 0 Å². The van der Waals surface area contributed by atoms with Gasteiger partial charge in [0.2, 0.25) is 5.28 Å². The number of rotatable bonds is 7. The number of carbonyl (C=O) groups is 2. The van der Waals surface area contributed by atoms with Gasteiger partial charge in [-0.15, -0.1) is 6.42 Å². The molecule has 0 saturated carbocycles. The first kappa shape index (κ1) is 30.6. The standard InChI is InChI=1S/C20H18ClN5O5.C7H7NO4/c1-2-20(11-30-19(28)29-10-12-4-3-8-23-17(12)27)7-5-14(31-20)26-9-6-13-15(22)24-18(21)25-16(13)26;9-6-5(2-1-3-8-6)4-12-7(10)11/h1,3-4,6,8-9,14H,5,7,10-11H2,(H,23,27)(H2,22,24,25);1-3H,4H2,(H,8,9)(H,10,11)/t14-,20+;/m1./s1. The van der Waals surface area contributed by atoms with Crippen molar-refractivity contribution < 1.29 is 33.6 Å². The topological polar surface area (TPSA) is 214 Å². The quantitative estimate of drug-likeness (QED) is 0.135. The molecule has 224 valence electrons. The highest BCUT2D eigenvalue weighted by Crippen LogP contribution is 2.38. The van der Waals surface area contributed by atoms with Gasteiger partial charge in [-0.1, -0.05) is 5.92 Å². The molecule has 4 aromatic rings. The van der Waals surface area contributed by atoms with E-state index in [4.69, 9.17) is 43.1 Å². The highest BCUT2D eigenvalue weighted by atomic mass is 35.5. The van der Waals surface area contributed by atoms with Crippen LogP contribution in [0.3, 0.4) is 0 Å². The Morgan fingerprint density at radius 2 is 1.77 bits per heavy atom. The second-order valence-corrected chi connectivity index (χ2v) is 9.36. The van der Waals surface area contributed by atoms with Crippen LogP contribution in [0, 0.1) is 12.3 Å². The van der Waals surface area contributed by atoms with E-state index in [1.165, 1.54) is 18.5 Å². The molecule has 2 atom stereocenters. The molecule has 0 aromatic carbocycles. The molecule has 0 amide bonds. The minimum Gasteiger partial charge on any atom is -0.450 e. The van der Waals surface area contributed by atoms with Crippen molar-refractivity contribution in [3.8, 4) is 12.3 Å². The van der Waals surface area contributed by atoms with Gasteiger partial charge in [-0.2, -0.15) is 4.98 Å². The molecule has 1 saturated heterocycles. The first-order chi connectivity index (χ1) is 20.6. The van der Waals surface area contributed by atoms with E-state index >= 15 is 0 Å². The maximum Gasteiger partial charge on any atom is 0.508 e. The van der Waals surface area contributed by atoms with Gasteiger partial charge in [0.1, 0.15) is 37.5 Å². The van der Waals surface area contributed by atoms with Gasteiger partial charge in [-0.3, -0.25) is 9.59 Å². The Morgan fingerprint density at radius 3 is 2.37 bits per heavy atom. The molecule has 0 unspecified atom stereocenters. The minimum atomic E-state index is -1.39. The molecule has 1 aliphatic rings. The molecule has 1 aliphatic heterocycles. The lowest BCUT2D eigenvalue weighted by atomic mass is 10.0. The van der Waals surface area contributed by atoms with E-state index in [1.54, 1.807) is 35.0 Å². The van der Waals surface area contributed by atoms with E-state index in [0.29, 0.717) is 35.0 Å². The summed E-state index contributed by atoms with van der Waals surface area (Å²) in [6.45, 7) is -0.647. The lowest BCUT2D eigenvalue weighted by Gasteiger charge is -2.23. The Morgan fingerprint density at radius 1 is 1.12 bits per heavy atom. The number of hydrogen-bond acceptors (Lipinski definition) is 11. The molecule has 43 heavy (non-hydrogen) atoms. The number of nitrogens with one attached hydrogen (secondary N) is 2. The van der Waals surface area contributed by atoms with E-state index in [-0.39, 0.29) is 42.0 Å². The molecule has 4 aromatic heterocycles. The summed E-state index contributed by atoms with van der Waals surface area (Å²) in [7, 11) is 0. The van der Waals surface area contributed by atoms with Crippen LogP contribution in [0.5, 0.6) is 0 Å². The van der Waals surface area contributed by atoms with Crippen molar-refractivity contribution in [1.82, 2.24) is 24.5 Å². The summed E-state index contributed by atoms with van der Waals surface area (Å²) in [6.07, 6.45) is 8.58. The molecule has 15 nitrogen and oxygen atoms in total. The molecule has 16 heteroatoms. The van der Waals surface area contributed by atoms with Crippen LogP contribution in [-0.2, 0) is 32.2 Å². The SMILES string of the molecule is C#C[C@@]1(COC(=O)OCc2ccc[nH]c2=O)CC[C@H](n2ccc3c(N)nc(Cl)nc32)O1.O=C(O)OCc1ccc[nH]c1=O. The van der Waals surface area contributed by atoms with Crippen molar-refractivity contribution in [2.45, 2.75) is 37.9 Å². The Balaban J connectivity index is 0.000000296. The van der Waals surface area contributed by atoms with Crippen molar-refractivity contribution in [1.29, 1.82) is 0 Å². The fourth-order valence-electron chi connectivity index (χ4n) is 4.08. The van der Waals surface area contributed by atoms with Crippen molar-refractivity contribution in [3.63, 3.8) is 0 Å². The predicted octanol–water partition coefficient (Wildman–Crippen LogP) is 2.96. The molecule has 0 spiro atoms. The van der Waals surface area contributed by atoms with Crippen LogP contribution in [-0.4, -0.2) is 54.1 Å². The van der Waals surface area contributed by atoms with Gasteiger partial charge in [-0.25, -0.2) is 14.6 Å². The Kier molecular flexibility index (Phi) is 9.65. The van der Waals surface area contributed by atoms with Crippen molar-refractivity contribution >= 4 is 40.8 Å². The normalized spacial score (nSPS) is 17.3. The van der Waals surface area contributed by atoms with Gasteiger partial charge in [0.15, 0.2) is 5.60 Å². The highest BCUT2D eigenvalue weighted by molar-refractivity contribution is 6.28. The average molecular weight is 613 g/mol. The van der Waals surface area contributed by atoms with Gasteiger partial charge in [0.25, 0.3) is 11.1 Å². The highest BCUT2D eigenvalue weighted by Gasteiger charge is 2.41. The monoisotopic (exact) mass is 612 g/mol. The smallest absolute Gasteiger partial charge is 0.450 e. The number of terminal acetylenes is 1. The number of fused-ring (bicyclic) bond motifs is 1. The van der Waals surface area contributed by atoms with Gasteiger partial charge in [0, 0.05) is 18.6 Å². The zero-order valence-corrected chi connectivity index (χ0v) is 23.1. The van der Waals surface area contributed by atoms with Gasteiger partial charge >= 0.3 is 12.3 Å². The molecular formula is C27H25ClN6O9. The summed E-state index contributed by atoms with van der Waals surface area (Å²) in [6, 6.07) is 8.04. The van der Waals surface area contributed by atoms with Crippen LogP contribution in [0.1, 0.15) is 30.2 Å². The maximum atomic E-state index is 12.0. The van der Waals surface area contributed by atoms with E-state index in [0.717, 1.165) is 0 Å². The van der Waals surface area contributed by atoms with Crippen LogP contribution in [0.2, 0.25) is 5.28 Å². The number of aromatic nitrogens is 5. The zero-order valence-electron chi connectivity index (χ0n) is 22.3. The third-order valence-electron chi connectivity index (χ3n) is 6.22. The molecule has 5 N–H and O–H groups in total. The average Bonchev–Trinajstić information content (AvgIpc) is 3.60. The third-order valence-corrected chi connectivity index (χ3v) is 6.39. The lowest BCUT2D eigenvalue weighted by Crippen LogP contribution is -2.34. The molecule has 0 radical (unpaired) electrons. The van der Waals surface area contributed by atoms with Gasteiger partial charge in [0.05, 0.1) is 16.5 Å². The summed E-state index contributed by atoms with van der Waals surface area (Å²) < 4.78 is 22.2. The van der Waals surface area contributed by atoms with E-state index in [2.05, 4.69) is 30.6 Å². The molecule has 5 heterocycles. The Labute approximate surface area is 247 Å². The number of halogens is 1. The second-order valence-electron chi connectivity index (χ2n) is 9.02. The molecule has 0 bridgehead atoms. The Hall–Kier alpha value is -5.33. The lowest BCUT2D eigenvalue weighted by molar-refractivity contribution is -0.0737. The number of pyridine rings is 2. The predicted molar refractivity (Wildman–Crippen MR) is 151 cm³/mol. The van der Waals surface area contributed by atoms with Crippen molar-refractivity contribution in [3.05, 3.63) is 86.0 Å². The van der Waals surface area contributed by atoms with Gasteiger partial charge in [-0.05, 0) is 54.8 Å².